The second kappa shape index (κ2) is 7.87. The summed E-state index contributed by atoms with van der Waals surface area (Å²) in [6.45, 7) is 10.9. The summed E-state index contributed by atoms with van der Waals surface area (Å²) in [4.78, 5) is 16.5. The van der Waals surface area contributed by atoms with Crippen LogP contribution in [-0.4, -0.2) is 55.1 Å². The van der Waals surface area contributed by atoms with E-state index >= 15 is 0 Å². The molecule has 2 aliphatic heterocycles. The lowest BCUT2D eigenvalue weighted by Crippen LogP contribution is -2.46. The first-order chi connectivity index (χ1) is 9.69. The van der Waals surface area contributed by atoms with Crippen molar-refractivity contribution in [1.29, 1.82) is 0 Å². The second-order valence-corrected chi connectivity index (χ2v) is 6.65. The van der Waals surface area contributed by atoms with Crippen molar-refractivity contribution in [2.45, 2.75) is 46.0 Å². The van der Waals surface area contributed by atoms with Crippen LogP contribution >= 0.6 is 0 Å². The van der Waals surface area contributed by atoms with Gasteiger partial charge in [0.15, 0.2) is 0 Å². The fraction of sp³-hybridized carbons (Fsp3) is 0.938. The highest BCUT2D eigenvalue weighted by Gasteiger charge is 2.25. The maximum Gasteiger partial charge on any atom is 0.317 e. The number of likely N-dealkylation sites (tertiary alicyclic amines) is 2. The lowest BCUT2D eigenvalue weighted by molar-refractivity contribution is 0.126. The molecular weight excluding hydrogens is 250 g/mol. The Hall–Kier alpha value is -0.770. The summed E-state index contributed by atoms with van der Waals surface area (Å²) >= 11 is 0. The molecule has 0 spiro atoms. The third-order valence-electron chi connectivity index (χ3n) is 4.82. The van der Waals surface area contributed by atoms with Crippen molar-refractivity contribution in [3.63, 3.8) is 0 Å². The Labute approximate surface area is 123 Å². The highest BCUT2D eigenvalue weighted by atomic mass is 16.2. The molecule has 0 bridgehead atoms. The molecule has 116 valence electrons. The molecule has 0 unspecified atom stereocenters. The van der Waals surface area contributed by atoms with E-state index in [1.165, 1.54) is 45.3 Å². The summed E-state index contributed by atoms with van der Waals surface area (Å²) in [6.07, 6.45) is 6.07. The molecule has 0 aromatic carbocycles. The fourth-order valence-corrected chi connectivity index (χ4v) is 3.27. The van der Waals surface area contributed by atoms with E-state index in [1.807, 2.05) is 4.90 Å². The van der Waals surface area contributed by atoms with Gasteiger partial charge in [0.25, 0.3) is 0 Å². The Balaban J connectivity index is 1.65. The van der Waals surface area contributed by atoms with Gasteiger partial charge in [0, 0.05) is 26.2 Å². The van der Waals surface area contributed by atoms with Gasteiger partial charge in [0.05, 0.1) is 0 Å². The molecule has 2 heterocycles. The third kappa shape index (κ3) is 4.65. The average Bonchev–Trinajstić information content (AvgIpc) is 2.48. The number of nitrogens with one attached hydrogen (secondary N) is 1. The van der Waals surface area contributed by atoms with Gasteiger partial charge in [-0.15, -0.1) is 0 Å². The van der Waals surface area contributed by atoms with Crippen molar-refractivity contribution in [2.75, 3.05) is 39.3 Å². The van der Waals surface area contributed by atoms with E-state index in [2.05, 4.69) is 24.1 Å². The number of carbonyl (C=O) groups excluding carboxylic acids is 1. The first kappa shape index (κ1) is 15.6. The monoisotopic (exact) mass is 281 g/mol. The molecule has 1 N–H and O–H groups in total. The Morgan fingerprint density at radius 1 is 1.10 bits per heavy atom. The Morgan fingerprint density at radius 3 is 2.35 bits per heavy atom. The molecule has 20 heavy (non-hydrogen) atoms. The topological polar surface area (TPSA) is 35.6 Å². The van der Waals surface area contributed by atoms with Gasteiger partial charge in [-0.25, -0.2) is 4.79 Å². The van der Waals surface area contributed by atoms with E-state index in [4.69, 9.17) is 0 Å². The standard InChI is InChI=1S/C16H31N3O/c1-3-8-17-16(20)19-11-6-15(7-12-19)13-18-9-4-14(2)5-10-18/h14-15H,3-13H2,1-2H3,(H,17,20). The van der Waals surface area contributed by atoms with Crippen LogP contribution in [0, 0.1) is 11.8 Å². The fourth-order valence-electron chi connectivity index (χ4n) is 3.27. The quantitative estimate of drug-likeness (QED) is 0.859. The van der Waals surface area contributed by atoms with Crippen LogP contribution < -0.4 is 5.32 Å². The number of piperidine rings is 2. The molecule has 0 atom stereocenters. The van der Waals surface area contributed by atoms with Gasteiger partial charge in [-0.1, -0.05) is 13.8 Å². The third-order valence-corrected chi connectivity index (χ3v) is 4.82. The average molecular weight is 281 g/mol. The van der Waals surface area contributed by atoms with Crippen molar-refractivity contribution in [1.82, 2.24) is 15.1 Å². The SMILES string of the molecule is CCCNC(=O)N1CCC(CN2CCC(C)CC2)CC1. The van der Waals surface area contributed by atoms with Crippen LogP contribution in [0.1, 0.15) is 46.0 Å². The van der Waals surface area contributed by atoms with Gasteiger partial charge < -0.3 is 15.1 Å². The van der Waals surface area contributed by atoms with Crippen molar-refractivity contribution in [3.8, 4) is 0 Å². The molecule has 0 aromatic rings. The molecule has 4 nitrogen and oxygen atoms in total. The van der Waals surface area contributed by atoms with E-state index in [1.54, 1.807) is 0 Å². The van der Waals surface area contributed by atoms with Gasteiger partial charge in [-0.05, 0) is 57.0 Å². The van der Waals surface area contributed by atoms with E-state index in [-0.39, 0.29) is 6.03 Å². The first-order valence-corrected chi connectivity index (χ1v) is 8.44. The summed E-state index contributed by atoms with van der Waals surface area (Å²) in [5.41, 5.74) is 0. The van der Waals surface area contributed by atoms with Gasteiger partial charge in [0.1, 0.15) is 0 Å². The molecule has 2 rings (SSSR count). The lowest BCUT2D eigenvalue weighted by Gasteiger charge is -2.37. The van der Waals surface area contributed by atoms with E-state index in [0.717, 1.165) is 37.9 Å². The highest BCUT2D eigenvalue weighted by molar-refractivity contribution is 5.74. The van der Waals surface area contributed by atoms with Crippen molar-refractivity contribution < 1.29 is 4.79 Å². The van der Waals surface area contributed by atoms with E-state index in [0.29, 0.717) is 0 Å². The van der Waals surface area contributed by atoms with E-state index < -0.39 is 0 Å². The predicted octanol–water partition coefficient (Wildman–Crippen LogP) is 2.55. The van der Waals surface area contributed by atoms with Crippen LogP contribution in [0.25, 0.3) is 0 Å². The summed E-state index contributed by atoms with van der Waals surface area (Å²) in [5.74, 6) is 1.70. The summed E-state index contributed by atoms with van der Waals surface area (Å²) in [7, 11) is 0. The molecule has 0 saturated carbocycles. The van der Waals surface area contributed by atoms with Crippen LogP contribution in [0.3, 0.4) is 0 Å². The minimum absolute atomic E-state index is 0.136. The lowest BCUT2D eigenvalue weighted by atomic mass is 9.93. The van der Waals surface area contributed by atoms with Gasteiger partial charge in [0.2, 0.25) is 0 Å². The summed E-state index contributed by atoms with van der Waals surface area (Å²) in [5, 5.41) is 2.98. The molecule has 0 radical (unpaired) electrons. The minimum Gasteiger partial charge on any atom is -0.338 e. The number of hydrogen-bond acceptors (Lipinski definition) is 2. The van der Waals surface area contributed by atoms with Gasteiger partial charge >= 0.3 is 6.03 Å². The Bertz CT molecular complexity index is 292. The summed E-state index contributed by atoms with van der Waals surface area (Å²) in [6, 6.07) is 0.136. The zero-order valence-corrected chi connectivity index (χ0v) is 13.2. The van der Waals surface area contributed by atoms with Crippen LogP contribution in [0.5, 0.6) is 0 Å². The van der Waals surface area contributed by atoms with Crippen molar-refractivity contribution >= 4 is 6.03 Å². The molecule has 2 saturated heterocycles. The second-order valence-electron chi connectivity index (χ2n) is 6.65. The Kier molecular flexibility index (Phi) is 6.14. The molecule has 2 amide bonds. The normalized spacial score (nSPS) is 23.0. The maximum atomic E-state index is 11.9. The van der Waals surface area contributed by atoms with Crippen LogP contribution in [0.4, 0.5) is 4.79 Å². The van der Waals surface area contributed by atoms with Crippen LogP contribution in [0.15, 0.2) is 0 Å². The van der Waals surface area contributed by atoms with E-state index in [9.17, 15) is 4.79 Å². The molecule has 4 heteroatoms. The largest absolute Gasteiger partial charge is 0.338 e. The Morgan fingerprint density at radius 2 is 1.75 bits per heavy atom. The molecule has 2 fully saturated rings. The zero-order chi connectivity index (χ0) is 14.4. The summed E-state index contributed by atoms with van der Waals surface area (Å²) < 4.78 is 0. The number of amides is 2. The number of nitrogens with zero attached hydrogens (tertiary/aromatic N) is 2. The van der Waals surface area contributed by atoms with Crippen molar-refractivity contribution in [3.05, 3.63) is 0 Å². The van der Waals surface area contributed by atoms with Gasteiger partial charge in [-0.3, -0.25) is 0 Å². The van der Waals surface area contributed by atoms with Crippen LogP contribution in [0.2, 0.25) is 0 Å². The van der Waals surface area contributed by atoms with Crippen molar-refractivity contribution in [2.24, 2.45) is 11.8 Å². The number of hydrogen-bond donors (Lipinski definition) is 1. The molecule has 0 aromatic heterocycles. The minimum atomic E-state index is 0.136. The zero-order valence-electron chi connectivity index (χ0n) is 13.2. The van der Waals surface area contributed by atoms with Gasteiger partial charge in [-0.2, -0.15) is 0 Å². The first-order valence-electron chi connectivity index (χ1n) is 8.44. The van der Waals surface area contributed by atoms with Crippen LogP contribution in [-0.2, 0) is 0 Å². The highest BCUT2D eigenvalue weighted by Crippen LogP contribution is 2.22. The number of urea groups is 1. The maximum absolute atomic E-state index is 11.9. The molecule has 2 aliphatic rings. The predicted molar refractivity (Wildman–Crippen MR) is 82.8 cm³/mol. The molecule has 0 aliphatic carbocycles. The number of carbonyl (C=O) groups is 1. The molecular formula is C16H31N3O. The number of rotatable bonds is 4. The smallest absolute Gasteiger partial charge is 0.317 e.